The van der Waals surface area contributed by atoms with E-state index in [1.54, 1.807) is 32.2 Å². The maximum Gasteiger partial charge on any atom is 0.329 e. The third kappa shape index (κ3) is 2.95. The molecule has 0 unspecified atom stereocenters. The monoisotopic (exact) mass is 327 g/mol. The van der Waals surface area contributed by atoms with E-state index in [2.05, 4.69) is 5.32 Å². The van der Waals surface area contributed by atoms with Crippen molar-refractivity contribution in [3.63, 3.8) is 0 Å². The van der Waals surface area contributed by atoms with Crippen molar-refractivity contribution in [2.45, 2.75) is 19.5 Å². The lowest BCUT2D eigenvalue weighted by Crippen LogP contribution is -2.34. The van der Waals surface area contributed by atoms with Crippen LogP contribution in [0.5, 0.6) is 0 Å². The van der Waals surface area contributed by atoms with Crippen LogP contribution in [0.2, 0.25) is 0 Å². The molecule has 124 valence electrons. The van der Waals surface area contributed by atoms with Crippen molar-refractivity contribution < 1.29 is 9.18 Å². The first-order chi connectivity index (χ1) is 11.5. The average Bonchev–Trinajstić information content (AvgIpc) is 2.80. The second-order valence-electron chi connectivity index (χ2n) is 5.76. The lowest BCUT2D eigenvalue weighted by Gasteiger charge is -2.14. The number of nitrogens with zero attached hydrogens (tertiary/aromatic N) is 2. The van der Waals surface area contributed by atoms with Gasteiger partial charge in [0.25, 0.3) is 0 Å². The molecule has 0 aliphatic heterocycles. The smallest absolute Gasteiger partial charge is 0.329 e. The van der Waals surface area contributed by atoms with Gasteiger partial charge in [-0.25, -0.2) is 9.18 Å². The van der Waals surface area contributed by atoms with Gasteiger partial charge in [-0.2, -0.15) is 0 Å². The van der Waals surface area contributed by atoms with Crippen LogP contribution in [0.25, 0.3) is 11.0 Å². The minimum Gasteiger partial charge on any atom is -0.348 e. The Morgan fingerprint density at radius 2 is 1.88 bits per heavy atom. The highest BCUT2D eigenvalue weighted by Crippen LogP contribution is 2.14. The van der Waals surface area contributed by atoms with Gasteiger partial charge in [-0.3, -0.25) is 13.9 Å². The van der Waals surface area contributed by atoms with E-state index in [1.807, 2.05) is 18.2 Å². The zero-order chi connectivity index (χ0) is 17.3. The summed E-state index contributed by atoms with van der Waals surface area (Å²) in [6, 6.07) is 13.0. The van der Waals surface area contributed by atoms with Crippen LogP contribution in [0.1, 0.15) is 18.5 Å². The molecule has 0 fully saturated rings. The zero-order valence-electron chi connectivity index (χ0n) is 13.5. The van der Waals surface area contributed by atoms with Crippen LogP contribution in [0.3, 0.4) is 0 Å². The van der Waals surface area contributed by atoms with Crippen LogP contribution < -0.4 is 11.0 Å². The Kier molecular flexibility index (Phi) is 4.20. The number of aromatic nitrogens is 2. The molecule has 1 atom stereocenters. The Labute approximate surface area is 138 Å². The minimum atomic E-state index is -0.348. The lowest BCUT2D eigenvalue weighted by atomic mass is 10.1. The van der Waals surface area contributed by atoms with E-state index in [0.717, 1.165) is 5.52 Å². The van der Waals surface area contributed by atoms with Gasteiger partial charge in [-0.05, 0) is 36.8 Å². The molecule has 5 nitrogen and oxygen atoms in total. The van der Waals surface area contributed by atoms with Crippen molar-refractivity contribution in [3.8, 4) is 0 Å². The molecule has 6 heteroatoms. The maximum atomic E-state index is 13.3. The normalized spacial score (nSPS) is 12.3. The highest BCUT2D eigenvalue weighted by molar-refractivity contribution is 5.81. The molecule has 0 radical (unpaired) electrons. The summed E-state index contributed by atoms with van der Waals surface area (Å²) in [5.74, 6) is -0.649. The summed E-state index contributed by atoms with van der Waals surface area (Å²) in [6.07, 6.45) is 0. The number of halogens is 1. The van der Waals surface area contributed by atoms with Crippen molar-refractivity contribution in [2.75, 3.05) is 0 Å². The van der Waals surface area contributed by atoms with Crippen molar-refractivity contribution >= 4 is 16.9 Å². The molecule has 0 saturated carbocycles. The van der Waals surface area contributed by atoms with Crippen LogP contribution in [-0.4, -0.2) is 15.0 Å². The Balaban J connectivity index is 1.81. The number of imidazole rings is 1. The number of hydrogen-bond donors (Lipinski definition) is 1. The molecule has 1 N–H and O–H groups in total. The molecule has 3 rings (SSSR count). The number of hydrogen-bond acceptors (Lipinski definition) is 2. The number of aryl methyl sites for hydroxylation is 1. The Hall–Kier alpha value is -2.89. The number of nitrogens with one attached hydrogen (secondary N) is 1. The number of benzene rings is 2. The Morgan fingerprint density at radius 3 is 2.58 bits per heavy atom. The fraction of sp³-hybridized carbons (Fsp3) is 0.222. The van der Waals surface area contributed by atoms with Gasteiger partial charge in [0.2, 0.25) is 5.91 Å². The summed E-state index contributed by atoms with van der Waals surface area (Å²) in [5.41, 5.74) is 1.91. The van der Waals surface area contributed by atoms with E-state index < -0.39 is 0 Å². The summed E-state index contributed by atoms with van der Waals surface area (Å²) in [7, 11) is 1.68. The van der Waals surface area contributed by atoms with Crippen LogP contribution in [-0.2, 0) is 18.4 Å². The molecule has 0 spiro atoms. The molecule has 0 aliphatic carbocycles. The van der Waals surface area contributed by atoms with Crippen LogP contribution in [0.15, 0.2) is 53.3 Å². The zero-order valence-corrected chi connectivity index (χ0v) is 13.5. The summed E-state index contributed by atoms with van der Waals surface area (Å²) < 4.78 is 16.2. The average molecular weight is 327 g/mol. The molecule has 1 heterocycles. The predicted molar refractivity (Wildman–Crippen MR) is 90.1 cm³/mol. The van der Waals surface area contributed by atoms with Crippen molar-refractivity contribution in [1.29, 1.82) is 0 Å². The molecule has 2 aromatic carbocycles. The molecule has 1 amide bonds. The summed E-state index contributed by atoms with van der Waals surface area (Å²) >= 11 is 0. The number of fused-ring (bicyclic) bond motifs is 1. The quantitative estimate of drug-likeness (QED) is 0.800. The summed E-state index contributed by atoms with van der Waals surface area (Å²) in [5, 5.41) is 2.80. The first kappa shape index (κ1) is 16.0. The number of amides is 1. The van der Waals surface area contributed by atoms with Crippen LogP contribution in [0, 0.1) is 5.82 Å². The molecule has 0 bridgehead atoms. The largest absolute Gasteiger partial charge is 0.348 e. The molecule has 24 heavy (non-hydrogen) atoms. The van der Waals surface area contributed by atoms with E-state index in [9.17, 15) is 14.0 Å². The highest BCUT2D eigenvalue weighted by atomic mass is 19.1. The van der Waals surface area contributed by atoms with Crippen molar-refractivity contribution in [2.24, 2.45) is 7.05 Å². The van der Waals surface area contributed by atoms with E-state index in [1.165, 1.54) is 21.3 Å². The van der Waals surface area contributed by atoms with Crippen LogP contribution in [0.4, 0.5) is 4.39 Å². The summed E-state index contributed by atoms with van der Waals surface area (Å²) in [4.78, 5) is 24.6. The Morgan fingerprint density at radius 1 is 1.17 bits per heavy atom. The molecular weight excluding hydrogens is 309 g/mol. The topological polar surface area (TPSA) is 56.0 Å². The maximum absolute atomic E-state index is 13.3. The molecule has 0 aliphatic rings. The Bertz CT molecular complexity index is 958. The predicted octanol–water partition coefficient (Wildman–Crippen LogP) is 2.36. The summed E-state index contributed by atoms with van der Waals surface area (Å²) in [6.45, 7) is 1.69. The van der Waals surface area contributed by atoms with Gasteiger partial charge in [-0.15, -0.1) is 0 Å². The second kappa shape index (κ2) is 6.31. The van der Waals surface area contributed by atoms with Gasteiger partial charge in [0.15, 0.2) is 0 Å². The van der Waals surface area contributed by atoms with Gasteiger partial charge in [0.05, 0.1) is 17.1 Å². The molecule has 1 aromatic heterocycles. The molecule has 3 aromatic rings. The van der Waals surface area contributed by atoms with E-state index >= 15 is 0 Å². The fourth-order valence-corrected chi connectivity index (χ4v) is 2.81. The first-order valence-corrected chi connectivity index (χ1v) is 7.66. The van der Waals surface area contributed by atoms with Gasteiger partial charge in [0, 0.05) is 7.05 Å². The molecule has 0 saturated heterocycles. The first-order valence-electron chi connectivity index (χ1n) is 7.66. The SMILES string of the molecule is C[C@H](NC(=O)Cn1c(=O)n(C)c2ccccc21)c1cccc(F)c1. The van der Waals surface area contributed by atoms with Gasteiger partial charge in [-0.1, -0.05) is 24.3 Å². The van der Waals surface area contributed by atoms with Crippen molar-refractivity contribution in [3.05, 3.63) is 70.4 Å². The highest BCUT2D eigenvalue weighted by Gasteiger charge is 2.15. The lowest BCUT2D eigenvalue weighted by molar-refractivity contribution is -0.122. The van der Waals surface area contributed by atoms with Gasteiger partial charge >= 0.3 is 5.69 Å². The van der Waals surface area contributed by atoms with Gasteiger partial charge < -0.3 is 5.32 Å². The van der Waals surface area contributed by atoms with E-state index in [4.69, 9.17) is 0 Å². The van der Waals surface area contributed by atoms with Crippen LogP contribution >= 0.6 is 0 Å². The molecular formula is C18H18FN3O2. The van der Waals surface area contributed by atoms with Crippen molar-refractivity contribution in [1.82, 2.24) is 14.5 Å². The second-order valence-corrected chi connectivity index (χ2v) is 5.76. The van der Waals surface area contributed by atoms with E-state index in [0.29, 0.717) is 11.1 Å². The van der Waals surface area contributed by atoms with E-state index in [-0.39, 0.29) is 30.0 Å². The number of rotatable bonds is 4. The number of carbonyl (C=O) groups excluding carboxylic acids is 1. The number of carbonyl (C=O) groups is 1. The fourth-order valence-electron chi connectivity index (χ4n) is 2.81. The third-order valence-electron chi connectivity index (χ3n) is 4.08. The van der Waals surface area contributed by atoms with Gasteiger partial charge in [0.1, 0.15) is 12.4 Å². The third-order valence-corrected chi connectivity index (χ3v) is 4.08. The minimum absolute atomic E-state index is 0.0835. The number of para-hydroxylation sites is 2. The standard InChI is InChI=1S/C18H18FN3O2/c1-12(13-6-5-7-14(19)10-13)20-17(23)11-22-16-9-4-3-8-15(16)21(2)18(22)24/h3-10,12H,11H2,1-2H3,(H,20,23)/t12-/m0/s1.